The second kappa shape index (κ2) is 2.23. The van der Waals surface area contributed by atoms with E-state index in [0.717, 1.165) is 6.42 Å². The molecule has 64 valence electrons. The van der Waals surface area contributed by atoms with Crippen molar-refractivity contribution in [2.45, 2.75) is 46.1 Å². The van der Waals surface area contributed by atoms with Crippen LogP contribution in [0.2, 0.25) is 0 Å². The van der Waals surface area contributed by atoms with E-state index in [2.05, 4.69) is 33.0 Å². The predicted octanol–water partition coefficient (Wildman–Crippen LogP) is 1.70. The Bertz CT molecular complexity index is 186. The van der Waals surface area contributed by atoms with E-state index in [1.54, 1.807) is 0 Å². The third-order valence-electron chi connectivity index (χ3n) is 3.22. The van der Waals surface area contributed by atoms with Crippen molar-refractivity contribution in [3.05, 3.63) is 0 Å². The summed E-state index contributed by atoms with van der Waals surface area (Å²) < 4.78 is 0. The molecule has 1 aliphatic rings. The van der Waals surface area contributed by atoms with Crippen molar-refractivity contribution in [2.75, 3.05) is 0 Å². The number of rotatable bonds is 1. The minimum atomic E-state index is 0.00405. The van der Waals surface area contributed by atoms with Gasteiger partial charge in [-0.1, -0.05) is 20.8 Å². The smallest absolute Gasteiger partial charge is 0.221 e. The summed E-state index contributed by atoms with van der Waals surface area (Å²) in [5.41, 5.74) is 0.114. The van der Waals surface area contributed by atoms with E-state index in [4.69, 9.17) is 0 Å². The first-order chi connectivity index (χ1) is 4.91. The van der Waals surface area contributed by atoms with E-state index in [-0.39, 0.29) is 16.9 Å². The normalized spacial score (nSPS) is 35.5. The maximum absolute atomic E-state index is 11.1. The summed E-state index contributed by atoms with van der Waals surface area (Å²) in [6.45, 7) is 8.54. The van der Waals surface area contributed by atoms with Crippen molar-refractivity contribution in [1.82, 2.24) is 5.32 Å². The third-order valence-corrected chi connectivity index (χ3v) is 3.22. The molecule has 0 aliphatic carbocycles. The van der Waals surface area contributed by atoms with E-state index >= 15 is 0 Å². The Morgan fingerprint density at radius 3 is 2.18 bits per heavy atom. The standard InChI is InChI=1S/C9H17NO/c1-5-9(4)8(2,3)6-7(11)10-9/h5-6H2,1-4H3,(H,10,11). The van der Waals surface area contributed by atoms with Gasteiger partial charge in [0.2, 0.25) is 5.91 Å². The molecular formula is C9H17NO. The van der Waals surface area contributed by atoms with Gasteiger partial charge < -0.3 is 5.32 Å². The molecule has 0 bridgehead atoms. The predicted molar refractivity (Wildman–Crippen MR) is 45.2 cm³/mol. The second-order valence-electron chi connectivity index (χ2n) is 4.29. The van der Waals surface area contributed by atoms with E-state index < -0.39 is 0 Å². The van der Waals surface area contributed by atoms with Gasteiger partial charge in [-0.05, 0) is 18.8 Å². The highest BCUT2D eigenvalue weighted by molar-refractivity contribution is 5.80. The third kappa shape index (κ3) is 1.15. The van der Waals surface area contributed by atoms with Crippen molar-refractivity contribution in [1.29, 1.82) is 0 Å². The van der Waals surface area contributed by atoms with Gasteiger partial charge in [0.25, 0.3) is 0 Å². The van der Waals surface area contributed by atoms with Gasteiger partial charge in [0.15, 0.2) is 0 Å². The van der Waals surface area contributed by atoms with Crippen LogP contribution in [0.25, 0.3) is 0 Å². The molecule has 0 radical (unpaired) electrons. The first kappa shape index (κ1) is 8.57. The van der Waals surface area contributed by atoms with Crippen LogP contribution in [0.5, 0.6) is 0 Å². The van der Waals surface area contributed by atoms with Crippen LogP contribution in [0.1, 0.15) is 40.5 Å². The average Bonchev–Trinajstić information content (AvgIpc) is 2.03. The molecule has 2 nitrogen and oxygen atoms in total. The number of nitrogens with one attached hydrogen (secondary N) is 1. The van der Waals surface area contributed by atoms with Gasteiger partial charge in [-0.2, -0.15) is 0 Å². The molecule has 0 aromatic heterocycles. The first-order valence-corrected chi connectivity index (χ1v) is 4.22. The Hall–Kier alpha value is -0.530. The zero-order chi connectivity index (χ0) is 8.70. The van der Waals surface area contributed by atoms with Crippen LogP contribution in [0.15, 0.2) is 0 Å². The van der Waals surface area contributed by atoms with Crippen LogP contribution in [-0.4, -0.2) is 11.4 Å². The highest BCUT2D eigenvalue weighted by Gasteiger charge is 2.47. The van der Waals surface area contributed by atoms with Crippen LogP contribution in [0.4, 0.5) is 0 Å². The second-order valence-corrected chi connectivity index (χ2v) is 4.29. The summed E-state index contributed by atoms with van der Waals surface area (Å²) in [5.74, 6) is 0.194. The highest BCUT2D eigenvalue weighted by Crippen LogP contribution is 2.41. The fourth-order valence-corrected chi connectivity index (χ4v) is 1.68. The zero-order valence-corrected chi connectivity index (χ0v) is 7.82. The Kier molecular flexibility index (Phi) is 1.73. The van der Waals surface area contributed by atoms with Crippen molar-refractivity contribution < 1.29 is 4.79 Å². The molecule has 1 rings (SSSR count). The Labute approximate surface area is 68.4 Å². The summed E-state index contributed by atoms with van der Waals surface area (Å²) in [6, 6.07) is 0. The summed E-state index contributed by atoms with van der Waals surface area (Å²) in [7, 11) is 0. The Morgan fingerprint density at radius 2 is 2.00 bits per heavy atom. The lowest BCUT2D eigenvalue weighted by Gasteiger charge is -2.36. The molecule has 2 heteroatoms. The molecule has 0 aromatic carbocycles. The lowest BCUT2D eigenvalue weighted by atomic mass is 9.73. The molecule has 1 heterocycles. The zero-order valence-electron chi connectivity index (χ0n) is 7.82. The molecule has 1 unspecified atom stereocenters. The molecule has 1 fully saturated rings. The number of carbonyl (C=O) groups excluding carboxylic acids is 1. The van der Waals surface area contributed by atoms with Crippen molar-refractivity contribution in [3.63, 3.8) is 0 Å². The quantitative estimate of drug-likeness (QED) is 0.613. The van der Waals surface area contributed by atoms with E-state index in [1.165, 1.54) is 0 Å². The van der Waals surface area contributed by atoms with Crippen LogP contribution in [-0.2, 0) is 4.79 Å². The monoisotopic (exact) mass is 155 g/mol. The van der Waals surface area contributed by atoms with Gasteiger partial charge in [-0.15, -0.1) is 0 Å². The minimum absolute atomic E-state index is 0.00405. The molecule has 0 saturated carbocycles. The van der Waals surface area contributed by atoms with Gasteiger partial charge in [0, 0.05) is 12.0 Å². The molecule has 11 heavy (non-hydrogen) atoms. The number of hydrogen-bond donors (Lipinski definition) is 1. The number of carbonyl (C=O) groups is 1. The van der Waals surface area contributed by atoms with Crippen LogP contribution in [0.3, 0.4) is 0 Å². The summed E-state index contributed by atoms with van der Waals surface area (Å²) in [5, 5.41) is 3.03. The largest absolute Gasteiger partial charge is 0.350 e. The minimum Gasteiger partial charge on any atom is -0.350 e. The van der Waals surface area contributed by atoms with Gasteiger partial charge in [0.05, 0.1) is 0 Å². The Balaban J connectivity index is 2.89. The van der Waals surface area contributed by atoms with Crippen LogP contribution < -0.4 is 5.32 Å². The molecular weight excluding hydrogens is 138 g/mol. The van der Waals surface area contributed by atoms with Crippen LogP contribution >= 0.6 is 0 Å². The molecule has 1 amide bonds. The average molecular weight is 155 g/mol. The molecule has 1 aliphatic heterocycles. The van der Waals surface area contributed by atoms with Crippen LogP contribution in [0, 0.1) is 5.41 Å². The number of hydrogen-bond acceptors (Lipinski definition) is 1. The van der Waals surface area contributed by atoms with Gasteiger partial charge in [-0.3, -0.25) is 4.79 Å². The molecule has 1 atom stereocenters. The fraction of sp³-hybridized carbons (Fsp3) is 0.889. The lowest BCUT2D eigenvalue weighted by Crippen LogP contribution is -2.46. The first-order valence-electron chi connectivity index (χ1n) is 4.22. The summed E-state index contributed by atoms with van der Waals surface area (Å²) >= 11 is 0. The van der Waals surface area contributed by atoms with E-state index in [9.17, 15) is 4.79 Å². The molecule has 0 aromatic rings. The number of amides is 1. The SMILES string of the molecule is CCC1(C)NC(=O)CC1(C)C. The van der Waals surface area contributed by atoms with Crippen molar-refractivity contribution in [3.8, 4) is 0 Å². The van der Waals surface area contributed by atoms with E-state index in [1.807, 2.05) is 0 Å². The molecule has 1 N–H and O–H groups in total. The van der Waals surface area contributed by atoms with Crippen molar-refractivity contribution in [2.24, 2.45) is 5.41 Å². The highest BCUT2D eigenvalue weighted by atomic mass is 16.2. The maximum atomic E-state index is 11.1. The molecule has 0 spiro atoms. The summed E-state index contributed by atoms with van der Waals surface area (Å²) in [4.78, 5) is 11.1. The van der Waals surface area contributed by atoms with Gasteiger partial charge >= 0.3 is 0 Å². The maximum Gasteiger partial charge on any atom is 0.221 e. The summed E-state index contributed by atoms with van der Waals surface area (Å²) in [6.07, 6.45) is 1.67. The topological polar surface area (TPSA) is 29.1 Å². The lowest BCUT2D eigenvalue weighted by molar-refractivity contribution is -0.119. The fourth-order valence-electron chi connectivity index (χ4n) is 1.68. The molecule has 1 saturated heterocycles. The van der Waals surface area contributed by atoms with Gasteiger partial charge in [-0.25, -0.2) is 0 Å². The van der Waals surface area contributed by atoms with E-state index in [0.29, 0.717) is 6.42 Å². The van der Waals surface area contributed by atoms with Gasteiger partial charge in [0.1, 0.15) is 0 Å². The Morgan fingerprint density at radius 1 is 1.45 bits per heavy atom. The van der Waals surface area contributed by atoms with Crippen molar-refractivity contribution >= 4 is 5.91 Å².